The molecule has 0 N–H and O–H groups in total. The molecule has 0 aromatic heterocycles. The van der Waals surface area contributed by atoms with Crippen LogP contribution in [-0.4, -0.2) is 6.16 Å². The van der Waals surface area contributed by atoms with Crippen molar-refractivity contribution in [3.63, 3.8) is 0 Å². The van der Waals surface area contributed by atoms with Crippen LogP contribution >= 0.6 is 7.92 Å². The number of hydrogen-bond acceptors (Lipinski definition) is 0. The molecule has 0 saturated carbocycles. The van der Waals surface area contributed by atoms with Crippen molar-refractivity contribution in [3.8, 4) is 0 Å². The van der Waals surface area contributed by atoms with Crippen molar-refractivity contribution < 1.29 is 0 Å². The van der Waals surface area contributed by atoms with E-state index < -0.39 is 0 Å². The topological polar surface area (TPSA) is 0 Å². The monoisotopic (exact) mass is 170 g/mol. The summed E-state index contributed by atoms with van der Waals surface area (Å²) in [5, 5.41) is 1.79. The fourth-order valence-electron chi connectivity index (χ4n) is 1.29. The van der Waals surface area contributed by atoms with Crippen LogP contribution in [0.1, 0.15) is 34.1 Å². The molecule has 0 amide bonds. The fourth-order valence-corrected chi connectivity index (χ4v) is 3.72. The summed E-state index contributed by atoms with van der Waals surface area (Å²) in [4.78, 5) is 0. The summed E-state index contributed by atoms with van der Waals surface area (Å²) in [6.45, 7) is 9.30. The second kappa shape index (κ2) is 3.72. The standard InChI is InChI=1S/C10H19P/c1-5-6-11-7-10(11)9(4)8(2)3/h7-9H,5-6H2,1-4H3. The average molecular weight is 170 g/mol. The molecule has 0 aromatic rings. The first-order valence-electron chi connectivity index (χ1n) is 4.65. The first kappa shape index (κ1) is 9.26. The lowest BCUT2D eigenvalue weighted by atomic mass is 9.99. The van der Waals surface area contributed by atoms with Crippen LogP contribution in [0.15, 0.2) is 11.1 Å². The molecule has 0 radical (unpaired) electrons. The molecule has 1 heteroatoms. The van der Waals surface area contributed by atoms with Gasteiger partial charge in [-0.25, -0.2) is 0 Å². The van der Waals surface area contributed by atoms with Gasteiger partial charge in [-0.05, 0) is 23.3 Å². The van der Waals surface area contributed by atoms with Crippen LogP contribution in [0.25, 0.3) is 0 Å². The molecule has 1 aliphatic heterocycles. The van der Waals surface area contributed by atoms with Gasteiger partial charge in [0.2, 0.25) is 0 Å². The van der Waals surface area contributed by atoms with E-state index in [4.69, 9.17) is 0 Å². The van der Waals surface area contributed by atoms with E-state index in [2.05, 4.69) is 33.5 Å². The Labute approximate surface area is 71.8 Å². The van der Waals surface area contributed by atoms with Crippen LogP contribution in [0.2, 0.25) is 0 Å². The largest absolute Gasteiger partial charge is 0.0650 e. The first-order valence-corrected chi connectivity index (χ1v) is 6.24. The minimum absolute atomic E-state index is 0.306. The van der Waals surface area contributed by atoms with Crippen molar-refractivity contribution in [2.75, 3.05) is 6.16 Å². The Bertz CT molecular complexity index is 158. The van der Waals surface area contributed by atoms with E-state index in [1.165, 1.54) is 12.6 Å². The molecule has 2 atom stereocenters. The van der Waals surface area contributed by atoms with Gasteiger partial charge in [-0.2, -0.15) is 0 Å². The van der Waals surface area contributed by atoms with E-state index in [9.17, 15) is 0 Å². The number of rotatable bonds is 4. The van der Waals surface area contributed by atoms with Gasteiger partial charge in [-0.3, -0.25) is 0 Å². The third-order valence-electron chi connectivity index (χ3n) is 2.48. The zero-order valence-corrected chi connectivity index (χ0v) is 8.99. The summed E-state index contributed by atoms with van der Waals surface area (Å²) in [6.07, 6.45) is 2.80. The SMILES string of the molecule is CCCP1C=C1C(C)C(C)C. The fraction of sp³-hybridized carbons (Fsp3) is 0.800. The summed E-state index contributed by atoms with van der Waals surface area (Å²) in [5.74, 6) is 4.21. The zero-order chi connectivity index (χ0) is 8.43. The van der Waals surface area contributed by atoms with Gasteiger partial charge in [0, 0.05) is 0 Å². The number of hydrogen-bond donors (Lipinski definition) is 0. The minimum Gasteiger partial charge on any atom is -0.0650 e. The highest BCUT2D eigenvalue weighted by Gasteiger charge is 2.29. The van der Waals surface area contributed by atoms with Crippen LogP contribution < -0.4 is 0 Å². The molecule has 0 bridgehead atoms. The Balaban J connectivity index is 2.25. The van der Waals surface area contributed by atoms with Gasteiger partial charge in [-0.1, -0.05) is 47.9 Å². The van der Waals surface area contributed by atoms with Gasteiger partial charge in [0.15, 0.2) is 0 Å². The Kier molecular flexibility index (Phi) is 3.13. The van der Waals surface area contributed by atoms with Gasteiger partial charge >= 0.3 is 0 Å². The Morgan fingerprint density at radius 3 is 2.45 bits per heavy atom. The van der Waals surface area contributed by atoms with Crippen LogP contribution in [0.3, 0.4) is 0 Å². The third-order valence-corrected chi connectivity index (χ3v) is 4.92. The lowest BCUT2D eigenvalue weighted by molar-refractivity contribution is 0.501. The first-order chi connectivity index (χ1) is 5.16. The van der Waals surface area contributed by atoms with Crippen molar-refractivity contribution in [1.82, 2.24) is 0 Å². The lowest BCUT2D eigenvalue weighted by Gasteiger charge is -2.12. The highest BCUT2D eigenvalue weighted by atomic mass is 31.1. The van der Waals surface area contributed by atoms with Gasteiger partial charge in [0.1, 0.15) is 0 Å². The smallest absolute Gasteiger partial charge is 0.0159 e. The molecule has 0 spiro atoms. The highest BCUT2D eigenvalue weighted by molar-refractivity contribution is 7.72. The molecule has 1 aliphatic rings. The summed E-state index contributed by atoms with van der Waals surface area (Å²) in [5.41, 5.74) is 0. The van der Waals surface area contributed by atoms with Crippen molar-refractivity contribution in [2.24, 2.45) is 11.8 Å². The Morgan fingerprint density at radius 2 is 2.00 bits per heavy atom. The van der Waals surface area contributed by atoms with E-state index in [-0.39, 0.29) is 0 Å². The van der Waals surface area contributed by atoms with Gasteiger partial charge in [0.25, 0.3) is 0 Å². The maximum absolute atomic E-state index is 2.52. The molecule has 2 unspecified atom stereocenters. The van der Waals surface area contributed by atoms with Crippen LogP contribution in [0.5, 0.6) is 0 Å². The van der Waals surface area contributed by atoms with Gasteiger partial charge in [0.05, 0.1) is 0 Å². The van der Waals surface area contributed by atoms with Gasteiger partial charge < -0.3 is 0 Å². The second-order valence-electron chi connectivity index (χ2n) is 3.78. The third kappa shape index (κ3) is 2.30. The van der Waals surface area contributed by atoms with Crippen molar-refractivity contribution in [1.29, 1.82) is 0 Å². The highest BCUT2D eigenvalue weighted by Crippen LogP contribution is 2.65. The Hall–Kier alpha value is 0.170. The normalized spacial score (nSPS) is 25.2. The Morgan fingerprint density at radius 1 is 1.36 bits per heavy atom. The molecule has 0 saturated heterocycles. The molecule has 0 fully saturated rings. The quantitative estimate of drug-likeness (QED) is 0.559. The second-order valence-corrected chi connectivity index (χ2v) is 5.94. The maximum atomic E-state index is 2.52. The average Bonchev–Trinajstić information content (AvgIpc) is 2.67. The van der Waals surface area contributed by atoms with Crippen molar-refractivity contribution in [2.45, 2.75) is 34.1 Å². The minimum atomic E-state index is 0.306. The van der Waals surface area contributed by atoms with E-state index in [0.717, 1.165) is 11.8 Å². The molecule has 0 nitrogen and oxygen atoms in total. The summed E-state index contributed by atoms with van der Waals surface area (Å²) in [6, 6.07) is 0. The number of allylic oxidation sites excluding steroid dienone is 1. The van der Waals surface area contributed by atoms with E-state index in [0.29, 0.717) is 7.92 Å². The predicted octanol–water partition coefficient (Wildman–Crippen LogP) is 4.03. The maximum Gasteiger partial charge on any atom is -0.0159 e. The summed E-state index contributed by atoms with van der Waals surface area (Å²) in [7, 11) is 0.306. The van der Waals surface area contributed by atoms with E-state index in [1.54, 1.807) is 5.31 Å². The lowest BCUT2D eigenvalue weighted by Crippen LogP contribution is -2.00. The van der Waals surface area contributed by atoms with Crippen LogP contribution in [-0.2, 0) is 0 Å². The van der Waals surface area contributed by atoms with Crippen molar-refractivity contribution >= 4 is 7.92 Å². The molecule has 0 aromatic carbocycles. The molecule has 11 heavy (non-hydrogen) atoms. The molecule has 1 heterocycles. The van der Waals surface area contributed by atoms with Gasteiger partial charge in [-0.15, -0.1) is 0 Å². The molecule has 64 valence electrons. The molecule has 0 aliphatic carbocycles. The summed E-state index contributed by atoms with van der Waals surface area (Å²) < 4.78 is 0. The van der Waals surface area contributed by atoms with E-state index >= 15 is 0 Å². The van der Waals surface area contributed by atoms with Crippen LogP contribution in [0.4, 0.5) is 0 Å². The molecular formula is C10H19P. The summed E-state index contributed by atoms with van der Waals surface area (Å²) >= 11 is 0. The van der Waals surface area contributed by atoms with Crippen LogP contribution in [0, 0.1) is 11.8 Å². The van der Waals surface area contributed by atoms with Crippen molar-refractivity contribution in [3.05, 3.63) is 11.1 Å². The predicted molar refractivity (Wildman–Crippen MR) is 54.2 cm³/mol. The molecular weight excluding hydrogens is 151 g/mol. The molecule has 1 rings (SSSR count). The van der Waals surface area contributed by atoms with E-state index in [1.807, 2.05) is 0 Å². The zero-order valence-electron chi connectivity index (χ0n) is 8.09.